The molecule has 3 atom stereocenters. The van der Waals surface area contributed by atoms with Gasteiger partial charge in [-0.15, -0.1) is 0 Å². The van der Waals surface area contributed by atoms with Gasteiger partial charge in [0.25, 0.3) is 26.0 Å². The number of fused-ring (bicyclic) bond motifs is 1. The summed E-state index contributed by atoms with van der Waals surface area (Å²) in [5.41, 5.74) is 0.181. The molecule has 2 N–H and O–H groups in total. The first-order valence-corrected chi connectivity index (χ1v) is 16.0. The highest BCUT2D eigenvalue weighted by atomic mass is 35.5. The van der Waals surface area contributed by atoms with Crippen LogP contribution in [0.15, 0.2) is 64.9 Å². The third-order valence-electron chi connectivity index (χ3n) is 6.83. The number of carbonyl (C=O) groups is 1. The standard InChI is InChI=1S/C26H32ClN5O7S2/c1-17-12-32(18(2)15-33)26(34)22-11-20(29-40(35,36)21-8-5-19(27)6-9-21)7-10-23(22)39-24(17)13-31(4)41(37,38)25-14-30(3)16-28-25/h5-11,14,16-18,24,29,33H,12-13,15H2,1-4H3/t17-,18-,24-/m0/s1. The van der Waals surface area contributed by atoms with Crippen LogP contribution in [-0.2, 0) is 27.1 Å². The summed E-state index contributed by atoms with van der Waals surface area (Å²) in [6.07, 6.45) is 2.10. The molecule has 1 aliphatic rings. The largest absolute Gasteiger partial charge is 0.488 e. The Morgan fingerprint density at radius 2 is 1.88 bits per heavy atom. The van der Waals surface area contributed by atoms with Gasteiger partial charge in [0.2, 0.25) is 0 Å². The van der Waals surface area contributed by atoms with Gasteiger partial charge in [0.05, 0.1) is 36.0 Å². The monoisotopic (exact) mass is 625 g/mol. The highest BCUT2D eigenvalue weighted by molar-refractivity contribution is 7.92. The van der Waals surface area contributed by atoms with Crippen LogP contribution in [0.5, 0.6) is 5.75 Å². The molecule has 41 heavy (non-hydrogen) atoms. The zero-order chi connectivity index (χ0) is 30.1. The van der Waals surface area contributed by atoms with E-state index in [1.54, 1.807) is 14.0 Å². The van der Waals surface area contributed by atoms with Crippen molar-refractivity contribution in [3.63, 3.8) is 0 Å². The van der Waals surface area contributed by atoms with Gasteiger partial charge in [-0.1, -0.05) is 18.5 Å². The molecule has 2 heterocycles. The number of amides is 1. The van der Waals surface area contributed by atoms with E-state index in [1.165, 1.54) is 71.5 Å². The van der Waals surface area contributed by atoms with E-state index in [-0.39, 0.29) is 52.5 Å². The van der Waals surface area contributed by atoms with Gasteiger partial charge in [0.1, 0.15) is 11.9 Å². The van der Waals surface area contributed by atoms with Crippen LogP contribution in [0.3, 0.4) is 0 Å². The normalized spacial score (nSPS) is 18.8. The minimum atomic E-state index is -4.00. The molecule has 0 bridgehead atoms. The molecule has 3 aromatic rings. The third-order valence-corrected chi connectivity index (χ3v) is 10.2. The lowest BCUT2D eigenvalue weighted by Crippen LogP contribution is -2.50. The van der Waals surface area contributed by atoms with E-state index in [0.29, 0.717) is 5.02 Å². The number of rotatable bonds is 9. The SMILES string of the molecule is C[C@H]1CN([C@@H](C)CO)C(=O)c2cc(NS(=O)(=O)c3ccc(Cl)cc3)ccc2O[C@H]1CN(C)S(=O)(=O)c1cn(C)cn1. The molecule has 222 valence electrons. The molecule has 1 amide bonds. The zero-order valence-corrected chi connectivity index (χ0v) is 25.3. The number of halogens is 1. The number of nitrogens with one attached hydrogen (secondary N) is 1. The molecule has 2 aromatic carbocycles. The Kier molecular flexibility index (Phi) is 8.99. The Labute approximate surface area is 244 Å². The van der Waals surface area contributed by atoms with Crippen LogP contribution in [0.4, 0.5) is 5.69 Å². The quantitative estimate of drug-likeness (QED) is 0.368. The topological polar surface area (TPSA) is 151 Å². The van der Waals surface area contributed by atoms with E-state index < -0.39 is 38.1 Å². The number of aliphatic hydroxyl groups excluding tert-OH is 1. The Bertz CT molecular complexity index is 1630. The van der Waals surface area contributed by atoms with Gasteiger partial charge in [0, 0.05) is 43.5 Å². The number of hydrogen-bond donors (Lipinski definition) is 2. The molecule has 0 saturated carbocycles. The molecule has 0 spiro atoms. The summed E-state index contributed by atoms with van der Waals surface area (Å²) in [4.78, 5) is 19.1. The average molecular weight is 626 g/mol. The Hall–Kier alpha value is -3.17. The summed E-state index contributed by atoms with van der Waals surface area (Å²) in [6.45, 7) is 3.31. The molecule has 0 saturated heterocycles. The maximum Gasteiger partial charge on any atom is 0.261 e. The number of aryl methyl sites for hydroxylation is 1. The van der Waals surface area contributed by atoms with Gasteiger partial charge in [-0.25, -0.2) is 21.8 Å². The number of aliphatic hydroxyl groups is 1. The minimum absolute atomic E-state index is 0.0159. The molecule has 0 radical (unpaired) electrons. The van der Waals surface area contributed by atoms with Crippen LogP contribution < -0.4 is 9.46 Å². The van der Waals surface area contributed by atoms with Crippen molar-refractivity contribution < 1.29 is 31.5 Å². The van der Waals surface area contributed by atoms with E-state index in [0.717, 1.165) is 4.31 Å². The molecule has 12 nitrogen and oxygen atoms in total. The smallest absolute Gasteiger partial charge is 0.261 e. The van der Waals surface area contributed by atoms with Gasteiger partial charge < -0.3 is 19.3 Å². The lowest BCUT2D eigenvalue weighted by molar-refractivity contribution is 0.0387. The molecule has 1 aromatic heterocycles. The van der Waals surface area contributed by atoms with Crippen LogP contribution in [-0.4, -0.2) is 85.5 Å². The second kappa shape index (κ2) is 12.0. The minimum Gasteiger partial charge on any atom is -0.488 e. The number of nitrogens with zero attached hydrogens (tertiary/aromatic N) is 4. The molecule has 0 aliphatic carbocycles. The first kappa shape index (κ1) is 30.8. The Balaban J connectivity index is 1.68. The van der Waals surface area contributed by atoms with Gasteiger partial charge in [-0.05, 0) is 49.4 Å². The molecule has 0 fully saturated rings. The van der Waals surface area contributed by atoms with Crippen LogP contribution in [0, 0.1) is 5.92 Å². The highest BCUT2D eigenvalue weighted by Crippen LogP contribution is 2.32. The fraction of sp³-hybridized carbons (Fsp3) is 0.385. The van der Waals surface area contributed by atoms with Crippen molar-refractivity contribution >= 4 is 43.2 Å². The first-order chi connectivity index (χ1) is 19.2. The number of benzene rings is 2. The maximum absolute atomic E-state index is 13.7. The van der Waals surface area contributed by atoms with Gasteiger partial charge >= 0.3 is 0 Å². The molecule has 4 rings (SSSR count). The van der Waals surface area contributed by atoms with Crippen LogP contribution in [0.1, 0.15) is 24.2 Å². The van der Waals surface area contributed by atoms with Crippen LogP contribution in [0.25, 0.3) is 0 Å². The van der Waals surface area contributed by atoms with Crippen LogP contribution >= 0.6 is 11.6 Å². The van der Waals surface area contributed by atoms with E-state index in [9.17, 15) is 26.7 Å². The molecule has 0 unspecified atom stereocenters. The number of sulfonamides is 2. The second-order valence-electron chi connectivity index (χ2n) is 10.1. The fourth-order valence-electron chi connectivity index (χ4n) is 4.37. The average Bonchev–Trinajstić information content (AvgIpc) is 3.37. The summed E-state index contributed by atoms with van der Waals surface area (Å²) in [7, 11) is -4.83. The Morgan fingerprint density at radius 1 is 1.20 bits per heavy atom. The summed E-state index contributed by atoms with van der Waals surface area (Å²) >= 11 is 5.88. The first-order valence-electron chi connectivity index (χ1n) is 12.7. The molecule has 15 heteroatoms. The molecular formula is C26H32ClN5O7S2. The number of aromatic nitrogens is 2. The molecular weight excluding hydrogens is 594 g/mol. The van der Waals surface area contributed by atoms with Crippen molar-refractivity contribution in [2.75, 3.05) is 31.5 Å². The lowest BCUT2D eigenvalue weighted by atomic mass is 9.99. The van der Waals surface area contributed by atoms with E-state index in [1.807, 2.05) is 6.92 Å². The number of imidazole rings is 1. The summed E-state index contributed by atoms with van der Waals surface area (Å²) in [6, 6.07) is 9.34. The second-order valence-corrected chi connectivity index (χ2v) is 14.2. The van der Waals surface area contributed by atoms with Crippen molar-refractivity contribution in [3.05, 3.63) is 65.6 Å². The predicted octanol–water partition coefficient (Wildman–Crippen LogP) is 2.42. The number of likely N-dealkylation sites (N-methyl/N-ethyl adjacent to an activating group) is 1. The van der Waals surface area contributed by atoms with Gasteiger partial charge in [-0.3, -0.25) is 9.52 Å². The number of hydrogen-bond acceptors (Lipinski definition) is 8. The van der Waals surface area contributed by atoms with E-state index in [2.05, 4.69) is 9.71 Å². The summed E-state index contributed by atoms with van der Waals surface area (Å²) in [5, 5.41) is 10.2. The van der Waals surface area contributed by atoms with Crippen molar-refractivity contribution in [2.45, 2.75) is 35.9 Å². The number of ether oxygens (including phenoxy) is 1. The van der Waals surface area contributed by atoms with Crippen LogP contribution in [0.2, 0.25) is 5.02 Å². The predicted molar refractivity (Wildman–Crippen MR) is 153 cm³/mol. The van der Waals surface area contributed by atoms with Crippen molar-refractivity contribution in [2.24, 2.45) is 13.0 Å². The highest BCUT2D eigenvalue weighted by Gasteiger charge is 2.36. The maximum atomic E-state index is 13.7. The lowest BCUT2D eigenvalue weighted by Gasteiger charge is -2.38. The number of carbonyl (C=O) groups excluding carboxylic acids is 1. The summed E-state index contributed by atoms with van der Waals surface area (Å²) in [5.74, 6) is -0.654. The van der Waals surface area contributed by atoms with Gasteiger partial charge in [-0.2, -0.15) is 4.31 Å². The molecule has 1 aliphatic heterocycles. The Morgan fingerprint density at radius 3 is 2.49 bits per heavy atom. The zero-order valence-electron chi connectivity index (χ0n) is 22.9. The fourth-order valence-corrected chi connectivity index (χ4v) is 6.68. The van der Waals surface area contributed by atoms with Crippen molar-refractivity contribution in [3.8, 4) is 5.75 Å². The third kappa shape index (κ3) is 6.67. The van der Waals surface area contributed by atoms with Gasteiger partial charge in [0.15, 0.2) is 5.03 Å². The van der Waals surface area contributed by atoms with Crippen molar-refractivity contribution in [1.82, 2.24) is 18.8 Å². The number of anilines is 1. The summed E-state index contributed by atoms with van der Waals surface area (Å²) < 4.78 is 63.6. The van der Waals surface area contributed by atoms with E-state index in [4.69, 9.17) is 16.3 Å². The van der Waals surface area contributed by atoms with E-state index >= 15 is 0 Å². The van der Waals surface area contributed by atoms with Crippen molar-refractivity contribution in [1.29, 1.82) is 0 Å².